The van der Waals surface area contributed by atoms with Crippen molar-refractivity contribution in [3.05, 3.63) is 76.5 Å². The molecule has 2 aromatic heterocycles. The number of fused-ring (bicyclic) bond motifs is 1. The quantitative estimate of drug-likeness (QED) is 0.493. The number of hydrogen-bond donors (Lipinski definition) is 1. The van der Waals surface area contributed by atoms with Gasteiger partial charge >= 0.3 is 0 Å². The first-order valence-corrected chi connectivity index (χ1v) is 11.9. The third kappa shape index (κ3) is 4.12. The van der Waals surface area contributed by atoms with Crippen LogP contribution in [0, 0.1) is 5.82 Å². The van der Waals surface area contributed by atoms with E-state index in [2.05, 4.69) is 20.2 Å². The molecule has 2 aliphatic heterocycles. The minimum absolute atomic E-state index is 0.0156. The van der Waals surface area contributed by atoms with E-state index in [-0.39, 0.29) is 17.3 Å². The summed E-state index contributed by atoms with van der Waals surface area (Å²) in [4.78, 5) is 33.0. The molecule has 2 saturated heterocycles. The molecule has 0 saturated carbocycles. The van der Waals surface area contributed by atoms with Gasteiger partial charge in [0.1, 0.15) is 11.5 Å². The Hall–Kier alpha value is -3.85. The summed E-state index contributed by atoms with van der Waals surface area (Å²) in [6.45, 7) is 3.79. The number of benzene rings is 2. The fourth-order valence-corrected chi connectivity index (χ4v) is 5.18. The SMILES string of the molecule is O=C(c1cccc(-n2cc(-c3cc4cc(F)ccc4[nH]c3=O)nn2)c1)N1CCC(N2CCCC2)C1. The lowest BCUT2D eigenvalue weighted by Crippen LogP contribution is -2.37. The summed E-state index contributed by atoms with van der Waals surface area (Å²) in [6, 6.07) is 13.5. The van der Waals surface area contributed by atoms with Gasteiger partial charge in [-0.05, 0) is 74.8 Å². The number of aromatic nitrogens is 4. The van der Waals surface area contributed by atoms with Crippen LogP contribution in [-0.2, 0) is 0 Å². The second-order valence-electron chi connectivity index (χ2n) is 9.28. The molecule has 2 aliphatic rings. The Morgan fingerprint density at radius 2 is 1.91 bits per heavy atom. The third-order valence-corrected chi connectivity index (χ3v) is 7.04. The van der Waals surface area contributed by atoms with Gasteiger partial charge in [-0.15, -0.1) is 5.10 Å². The number of halogens is 1. The molecular weight excluding hydrogens is 447 g/mol. The Labute approximate surface area is 201 Å². The molecule has 0 bridgehead atoms. The lowest BCUT2D eigenvalue weighted by Gasteiger charge is -2.23. The Morgan fingerprint density at radius 3 is 2.77 bits per heavy atom. The molecule has 1 atom stereocenters. The minimum atomic E-state index is -0.384. The van der Waals surface area contributed by atoms with Crippen molar-refractivity contribution in [2.45, 2.75) is 25.3 Å². The Balaban J connectivity index is 1.24. The summed E-state index contributed by atoms with van der Waals surface area (Å²) >= 11 is 0. The molecule has 178 valence electrons. The molecule has 8 nitrogen and oxygen atoms in total. The second-order valence-corrected chi connectivity index (χ2v) is 9.28. The van der Waals surface area contributed by atoms with Gasteiger partial charge in [0, 0.05) is 35.6 Å². The predicted molar refractivity (Wildman–Crippen MR) is 130 cm³/mol. The molecule has 0 radical (unpaired) electrons. The minimum Gasteiger partial charge on any atom is -0.337 e. The fourth-order valence-electron chi connectivity index (χ4n) is 5.18. The predicted octanol–water partition coefficient (Wildman–Crippen LogP) is 3.23. The molecule has 1 amide bonds. The average Bonchev–Trinajstić information content (AvgIpc) is 3.65. The molecule has 1 N–H and O–H groups in total. The van der Waals surface area contributed by atoms with Crippen molar-refractivity contribution in [1.82, 2.24) is 29.8 Å². The van der Waals surface area contributed by atoms with Crippen molar-refractivity contribution < 1.29 is 9.18 Å². The highest BCUT2D eigenvalue weighted by Gasteiger charge is 2.32. The molecule has 6 rings (SSSR count). The van der Waals surface area contributed by atoms with Crippen molar-refractivity contribution in [2.75, 3.05) is 26.2 Å². The summed E-state index contributed by atoms with van der Waals surface area (Å²) in [5.41, 5.74) is 2.15. The van der Waals surface area contributed by atoms with E-state index >= 15 is 0 Å². The molecule has 35 heavy (non-hydrogen) atoms. The summed E-state index contributed by atoms with van der Waals surface area (Å²) in [5.74, 6) is -0.368. The molecule has 0 spiro atoms. The first kappa shape index (κ1) is 21.7. The van der Waals surface area contributed by atoms with Gasteiger partial charge in [0.25, 0.3) is 11.5 Å². The molecule has 4 heterocycles. The first-order chi connectivity index (χ1) is 17.0. The number of pyridine rings is 1. The standard InChI is InChI=1S/C26H25FN6O2/c27-19-6-7-23-18(12-19)14-22(25(34)28-23)24-16-33(30-29-24)20-5-3-4-17(13-20)26(35)32-11-8-21(15-32)31-9-1-2-10-31/h3-7,12-14,16,21H,1-2,8-11,15H2,(H,28,34). The normalized spacial score (nSPS) is 18.5. The van der Waals surface area contributed by atoms with Crippen molar-refractivity contribution >= 4 is 16.8 Å². The van der Waals surface area contributed by atoms with E-state index in [0.29, 0.717) is 39.5 Å². The molecule has 1 unspecified atom stereocenters. The average molecular weight is 473 g/mol. The fraction of sp³-hybridized carbons (Fsp3) is 0.308. The smallest absolute Gasteiger partial charge is 0.258 e. The van der Waals surface area contributed by atoms with E-state index in [1.54, 1.807) is 23.0 Å². The number of carbonyl (C=O) groups excluding carboxylic acids is 1. The number of aromatic amines is 1. The lowest BCUT2D eigenvalue weighted by molar-refractivity contribution is 0.0780. The number of amides is 1. The van der Waals surface area contributed by atoms with Crippen LogP contribution in [0.1, 0.15) is 29.6 Å². The van der Waals surface area contributed by atoms with Crippen molar-refractivity contribution in [3.8, 4) is 16.9 Å². The number of hydrogen-bond acceptors (Lipinski definition) is 5. The van der Waals surface area contributed by atoms with E-state index in [1.165, 1.54) is 31.0 Å². The van der Waals surface area contributed by atoms with Gasteiger partial charge in [0.05, 0.1) is 17.4 Å². The van der Waals surface area contributed by atoms with E-state index in [0.717, 1.165) is 32.6 Å². The van der Waals surface area contributed by atoms with Gasteiger partial charge in [-0.2, -0.15) is 0 Å². The van der Waals surface area contributed by atoms with Crippen LogP contribution in [0.2, 0.25) is 0 Å². The number of likely N-dealkylation sites (tertiary alicyclic amines) is 2. The van der Waals surface area contributed by atoms with Gasteiger partial charge < -0.3 is 9.88 Å². The maximum atomic E-state index is 13.7. The highest BCUT2D eigenvalue weighted by Crippen LogP contribution is 2.23. The van der Waals surface area contributed by atoms with E-state index in [1.807, 2.05) is 23.1 Å². The topological polar surface area (TPSA) is 87.1 Å². The summed E-state index contributed by atoms with van der Waals surface area (Å²) < 4.78 is 15.2. The zero-order valence-corrected chi connectivity index (χ0v) is 19.2. The number of carbonyl (C=O) groups is 1. The third-order valence-electron chi connectivity index (χ3n) is 7.04. The van der Waals surface area contributed by atoms with E-state index < -0.39 is 0 Å². The molecule has 4 aromatic rings. The largest absolute Gasteiger partial charge is 0.337 e. The van der Waals surface area contributed by atoms with Gasteiger partial charge in [-0.1, -0.05) is 11.3 Å². The second kappa shape index (κ2) is 8.74. The Kier molecular flexibility index (Phi) is 5.41. The first-order valence-electron chi connectivity index (χ1n) is 11.9. The van der Waals surface area contributed by atoms with E-state index in [9.17, 15) is 14.0 Å². The van der Waals surface area contributed by atoms with Crippen LogP contribution in [0.15, 0.2) is 59.5 Å². The number of nitrogens with zero attached hydrogens (tertiary/aromatic N) is 5. The van der Waals surface area contributed by atoms with Crippen LogP contribution in [0.4, 0.5) is 4.39 Å². The molecule has 2 fully saturated rings. The van der Waals surface area contributed by atoms with Crippen LogP contribution < -0.4 is 5.56 Å². The Bertz CT molecular complexity index is 1470. The van der Waals surface area contributed by atoms with E-state index in [4.69, 9.17) is 0 Å². The van der Waals surface area contributed by atoms with Gasteiger partial charge in [-0.3, -0.25) is 14.5 Å². The molecule has 2 aromatic carbocycles. The monoisotopic (exact) mass is 472 g/mol. The lowest BCUT2D eigenvalue weighted by atomic mass is 10.1. The summed E-state index contributed by atoms with van der Waals surface area (Å²) in [5, 5.41) is 8.90. The maximum Gasteiger partial charge on any atom is 0.258 e. The van der Waals surface area contributed by atoms with Crippen LogP contribution in [0.5, 0.6) is 0 Å². The van der Waals surface area contributed by atoms with Gasteiger partial charge in [0.15, 0.2) is 0 Å². The van der Waals surface area contributed by atoms with Crippen LogP contribution in [-0.4, -0.2) is 67.9 Å². The van der Waals surface area contributed by atoms with Crippen LogP contribution in [0.3, 0.4) is 0 Å². The van der Waals surface area contributed by atoms with Gasteiger partial charge in [0.2, 0.25) is 0 Å². The zero-order chi connectivity index (χ0) is 23.9. The van der Waals surface area contributed by atoms with Crippen LogP contribution in [0.25, 0.3) is 27.8 Å². The van der Waals surface area contributed by atoms with Crippen molar-refractivity contribution in [3.63, 3.8) is 0 Å². The Morgan fingerprint density at radius 1 is 1.06 bits per heavy atom. The summed E-state index contributed by atoms with van der Waals surface area (Å²) in [6.07, 6.45) is 5.14. The maximum absolute atomic E-state index is 13.7. The summed E-state index contributed by atoms with van der Waals surface area (Å²) in [7, 11) is 0. The van der Waals surface area contributed by atoms with Crippen LogP contribution >= 0.6 is 0 Å². The molecule has 0 aliphatic carbocycles. The number of rotatable bonds is 4. The molecular formula is C26H25FN6O2. The highest BCUT2D eigenvalue weighted by molar-refractivity contribution is 5.95. The van der Waals surface area contributed by atoms with Gasteiger partial charge in [-0.25, -0.2) is 9.07 Å². The van der Waals surface area contributed by atoms with Crippen molar-refractivity contribution in [2.24, 2.45) is 0 Å². The number of nitrogens with one attached hydrogen (secondary N) is 1. The zero-order valence-electron chi connectivity index (χ0n) is 19.2. The highest BCUT2D eigenvalue weighted by atomic mass is 19.1. The van der Waals surface area contributed by atoms with Crippen molar-refractivity contribution in [1.29, 1.82) is 0 Å². The number of H-pyrrole nitrogens is 1. The molecule has 9 heteroatoms.